The van der Waals surface area contributed by atoms with Crippen molar-refractivity contribution in [2.75, 3.05) is 7.11 Å². The van der Waals surface area contributed by atoms with Crippen molar-refractivity contribution in [2.24, 2.45) is 10.9 Å². The molecule has 1 aromatic heterocycles. The monoisotopic (exact) mass is 346 g/mol. The van der Waals surface area contributed by atoms with Gasteiger partial charge in [0.2, 0.25) is 5.91 Å². The second kappa shape index (κ2) is 7.75. The molecule has 0 bridgehead atoms. The van der Waals surface area contributed by atoms with Gasteiger partial charge < -0.3 is 9.30 Å². The van der Waals surface area contributed by atoms with E-state index in [0.29, 0.717) is 17.1 Å². The van der Waals surface area contributed by atoms with Gasteiger partial charge in [-0.05, 0) is 30.9 Å². The smallest absolute Gasteiger partial charge is 0.325 e. The van der Waals surface area contributed by atoms with Crippen LogP contribution >= 0.6 is 11.3 Å². The van der Waals surface area contributed by atoms with Crippen molar-refractivity contribution in [1.29, 1.82) is 0 Å². The predicted molar refractivity (Wildman–Crippen MR) is 93.6 cm³/mol. The molecule has 1 heterocycles. The van der Waals surface area contributed by atoms with Crippen molar-refractivity contribution >= 4 is 33.4 Å². The summed E-state index contributed by atoms with van der Waals surface area (Å²) in [5, 5.41) is 0. The van der Waals surface area contributed by atoms with E-state index in [2.05, 4.69) is 4.99 Å². The number of amides is 1. The largest absolute Gasteiger partial charge is 0.468 e. The highest BCUT2D eigenvalue weighted by atomic mass is 32.1. The fourth-order valence-corrected chi connectivity index (χ4v) is 4.29. The summed E-state index contributed by atoms with van der Waals surface area (Å²) in [6, 6.07) is 7.75. The highest BCUT2D eigenvalue weighted by Gasteiger charge is 2.17. The third-order valence-corrected chi connectivity index (χ3v) is 5.57. The molecule has 24 heavy (non-hydrogen) atoms. The number of esters is 1. The molecule has 0 aliphatic heterocycles. The molecule has 0 unspecified atom stereocenters. The summed E-state index contributed by atoms with van der Waals surface area (Å²) in [6.07, 6.45) is 6.45. The summed E-state index contributed by atoms with van der Waals surface area (Å²) in [7, 11) is 1.36. The molecule has 0 radical (unpaired) electrons. The Morgan fingerprint density at radius 1 is 1.25 bits per heavy atom. The first-order chi connectivity index (χ1) is 11.7. The lowest BCUT2D eigenvalue weighted by molar-refractivity contribution is -0.141. The quantitative estimate of drug-likeness (QED) is 0.798. The van der Waals surface area contributed by atoms with E-state index in [0.717, 1.165) is 23.1 Å². The Labute approximate surface area is 145 Å². The molecule has 128 valence electrons. The molecule has 0 saturated heterocycles. The van der Waals surface area contributed by atoms with Crippen molar-refractivity contribution in [3.63, 3.8) is 0 Å². The Kier molecular flexibility index (Phi) is 5.45. The maximum absolute atomic E-state index is 12.4. The van der Waals surface area contributed by atoms with Crippen LogP contribution in [-0.2, 0) is 20.9 Å². The molecule has 6 heteroatoms. The summed E-state index contributed by atoms with van der Waals surface area (Å²) in [5.41, 5.74) is 0.900. The van der Waals surface area contributed by atoms with Crippen LogP contribution in [0.15, 0.2) is 29.3 Å². The molecule has 0 atom stereocenters. The standard InChI is InChI=1S/C18H22N2O3S/c1-23-17(22)12-20-14-9-5-6-10-15(14)24-18(20)19-16(21)11-13-7-3-2-4-8-13/h5-6,9-10,13H,2-4,7-8,11-12H2,1H3. The lowest BCUT2D eigenvalue weighted by atomic mass is 9.87. The van der Waals surface area contributed by atoms with Gasteiger partial charge in [-0.15, -0.1) is 0 Å². The van der Waals surface area contributed by atoms with E-state index >= 15 is 0 Å². The van der Waals surface area contributed by atoms with E-state index < -0.39 is 0 Å². The van der Waals surface area contributed by atoms with Crippen LogP contribution in [0.5, 0.6) is 0 Å². The van der Waals surface area contributed by atoms with Gasteiger partial charge in [0, 0.05) is 6.42 Å². The molecular weight excluding hydrogens is 324 g/mol. The number of carbonyl (C=O) groups excluding carboxylic acids is 2. The van der Waals surface area contributed by atoms with E-state index in [9.17, 15) is 9.59 Å². The fourth-order valence-electron chi connectivity index (χ4n) is 3.24. The first-order valence-electron chi connectivity index (χ1n) is 8.40. The summed E-state index contributed by atoms with van der Waals surface area (Å²) in [5.74, 6) is 0.0187. The van der Waals surface area contributed by atoms with Gasteiger partial charge in [0.25, 0.3) is 0 Å². The Balaban J connectivity index is 1.90. The van der Waals surface area contributed by atoms with Crippen LogP contribution in [0.1, 0.15) is 38.5 Å². The fraction of sp³-hybridized carbons (Fsp3) is 0.500. The number of para-hydroxylation sites is 1. The molecule has 1 amide bonds. The average molecular weight is 346 g/mol. The predicted octanol–water partition coefficient (Wildman–Crippen LogP) is 3.27. The summed E-state index contributed by atoms with van der Waals surface area (Å²) >= 11 is 1.43. The number of benzene rings is 1. The summed E-state index contributed by atoms with van der Waals surface area (Å²) in [6.45, 7) is 0.0655. The van der Waals surface area contributed by atoms with Crippen molar-refractivity contribution in [3.05, 3.63) is 29.1 Å². The number of thiazole rings is 1. The topological polar surface area (TPSA) is 60.7 Å². The van der Waals surface area contributed by atoms with Crippen LogP contribution in [-0.4, -0.2) is 23.6 Å². The molecule has 1 aliphatic rings. The lowest BCUT2D eigenvalue weighted by Crippen LogP contribution is -2.23. The number of hydrogen-bond acceptors (Lipinski definition) is 4. The molecule has 0 N–H and O–H groups in total. The number of fused-ring (bicyclic) bond motifs is 1. The van der Waals surface area contributed by atoms with Crippen molar-refractivity contribution in [3.8, 4) is 0 Å². The SMILES string of the molecule is COC(=O)Cn1c(=NC(=O)CC2CCCCC2)sc2ccccc21. The van der Waals surface area contributed by atoms with Gasteiger partial charge in [-0.25, -0.2) is 0 Å². The number of aromatic nitrogens is 1. The highest BCUT2D eigenvalue weighted by Crippen LogP contribution is 2.26. The van der Waals surface area contributed by atoms with Crippen molar-refractivity contribution < 1.29 is 14.3 Å². The second-order valence-electron chi connectivity index (χ2n) is 6.23. The zero-order chi connectivity index (χ0) is 16.9. The number of hydrogen-bond donors (Lipinski definition) is 0. The number of rotatable bonds is 4. The van der Waals surface area contributed by atoms with Gasteiger partial charge in [-0.1, -0.05) is 42.7 Å². The van der Waals surface area contributed by atoms with Gasteiger partial charge in [-0.2, -0.15) is 4.99 Å². The Morgan fingerprint density at radius 3 is 2.75 bits per heavy atom. The van der Waals surface area contributed by atoms with E-state index in [1.165, 1.54) is 37.7 Å². The zero-order valence-electron chi connectivity index (χ0n) is 13.9. The van der Waals surface area contributed by atoms with Gasteiger partial charge >= 0.3 is 5.97 Å². The normalized spacial score (nSPS) is 16.5. The molecule has 2 aromatic rings. The first kappa shape index (κ1) is 16.9. The number of nitrogens with zero attached hydrogens (tertiary/aromatic N) is 2. The minimum absolute atomic E-state index is 0.0655. The van der Waals surface area contributed by atoms with Crippen molar-refractivity contribution in [1.82, 2.24) is 4.57 Å². The minimum Gasteiger partial charge on any atom is -0.468 e. The minimum atomic E-state index is -0.347. The molecule has 1 saturated carbocycles. The van der Waals surface area contributed by atoms with Gasteiger partial charge in [-0.3, -0.25) is 9.59 Å². The van der Waals surface area contributed by atoms with E-state index in [1.54, 1.807) is 4.57 Å². The molecule has 3 rings (SSSR count). The maximum Gasteiger partial charge on any atom is 0.325 e. The number of methoxy groups -OCH3 is 1. The third-order valence-electron chi connectivity index (χ3n) is 4.51. The van der Waals surface area contributed by atoms with Gasteiger partial charge in [0.15, 0.2) is 4.80 Å². The third kappa shape index (κ3) is 3.93. The highest BCUT2D eigenvalue weighted by molar-refractivity contribution is 7.16. The maximum atomic E-state index is 12.4. The average Bonchev–Trinajstić information content (AvgIpc) is 2.93. The van der Waals surface area contributed by atoms with E-state index in [-0.39, 0.29) is 18.4 Å². The lowest BCUT2D eigenvalue weighted by Gasteiger charge is -2.19. The van der Waals surface area contributed by atoms with Crippen LogP contribution in [0, 0.1) is 5.92 Å². The van der Waals surface area contributed by atoms with Crippen LogP contribution in [0.2, 0.25) is 0 Å². The van der Waals surface area contributed by atoms with Crippen LogP contribution in [0.4, 0.5) is 0 Å². The molecule has 1 aromatic carbocycles. The summed E-state index contributed by atoms with van der Waals surface area (Å²) < 4.78 is 7.55. The van der Waals surface area contributed by atoms with Crippen LogP contribution in [0.3, 0.4) is 0 Å². The Bertz CT molecular complexity index is 800. The zero-order valence-corrected chi connectivity index (χ0v) is 14.7. The number of ether oxygens (including phenoxy) is 1. The molecule has 1 fully saturated rings. The molecular formula is C18H22N2O3S. The Hall–Kier alpha value is -1.95. The number of carbonyl (C=O) groups is 2. The van der Waals surface area contributed by atoms with Crippen LogP contribution < -0.4 is 4.80 Å². The summed E-state index contributed by atoms with van der Waals surface area (Å²) in [4.78, 5) is 29.0. The van der Waals surface area contributed by atoms with Crippen molar-refractivity contribution in [2.45, 2.75) is 45.1 Å². The van der Waals surface area contributed by atoms with Crippen LogP contribution in [0.25, 0.3) is 10.2 Å². The Morgan fingerprint density at radius 2 is 2.00 bits per heavy atom. The molecule has 0 spiro atoms. The van der Waals surface area contributed by atoms with Gasteiger partial charge in [0.05, 0.1) is 17.3 Å². The first-order valence-corrected chi connectivity index (χ1v) is 9.22. The molecule has 1 aliphatic carbocycles. The van der Waals surface area contributed by atoms with Gasteiger partial charge in [0.1, 0.15) is 6.54 Å². The molecule has 5 nitrogen and oxygen atoms in total. The van der Waals surface area contributed by atoms with E-state index in [1.807, 2.05) is 24.3 Å². The van der Waals surface area contributed by atoms with E-state index in [4.69, 9.17) is 4.74 Å². The second-order valence-corrected chi connectivity index (χ2v) is 7.24.